The standard InChI is InChI=1S/C27H23FN4O2S/c1-16-7-9-19(10-8-16)25-30-26(34-31-25)23-17(2)32(21-5-4-6-22(15-21)35-3)27(33)29-24(23)18-11-13-20(28)14-12-18/h4-15,24H,1-3H3,(H,29,33). The maximum atomic E-state index is 13.7. The minimum absolute atomic E-state index is 0.290. The molecule has 0 fully saturated rings. The first-order chi connectivity index (χ1) is 16.9. The molecule has 2 amide bonds. The SMILES string of the molecule is CSc1cccc(N2C(=O)NC(c3ccc(F)cc3)C(c3nc(-c4ccc(C)cc4)no3)=C2C)c1. The number of nitrogens with zero attached hydrogens (tertiary/aromatic N) is 3. The van der Waals surface area contributed by atoms with Gasteiger partial charge in [0.25, 0.3) is 5.89 Å². The van der Waals surface area contributed by atoms with Gasteiger partial charge in [-0.3, -0.25) is 4.90 Å². The first-order valence-electron chi connectivity index (χ1n) is 11.1. The van der Waals surface area contributed by atoms with E-state index in [4.69, 9.17) is 4.52 Å². The third kappa shape index (κ3) is 4.44. The van der Waals surface area contributed by atoms with Gasteiger partial charge in [0, 0.05) is 16.2 Å². The molecule has 5 rings (SSSR count). The lowest BCUT2D eigenvalue weighted by molar-refractivity contribution is 0.244. The lowest BCUT2D eigenvalue weighted by Gasteiger charge is -2.35. The monoisotopic (exact) mass is 486 g/mol. The molecule has 1 aromatic heterocycles. The van der Waals surface area contributed by atoms with Crippen LogP contribution in [0.25, 0.3) is 17.0 Å². The Hall–Kier alpha value is -3.91. The molecular formula is C27H23FN4O2S. The van der Waals surface area contributed by atoms with Crippen LogP contribution in [0.15, 0.2) is 87.9 Å². The molecule has 0 spiro atoms. The zero-order valence-electron chi connectivity index (χ0n) is 19.4. The molecule has 1 atom stereocenters. The molecule has 35 heavy (non-hydrogen) atoms. The van der Waals surface area contributed by atoms with Crippen LogP contribution in [0.3, 0.4) is 0 Å². The van der Waals surface area contributed by atoms with Crippen molar-refractivity contribution in [2.75, 3.05) is 11.2 Å². The Kier molecular flexibility index (Phi) is 6.13. The summed E-state index contributed by atoms with van der Waals surface area (Å²) in [6.45, 7) is 3.87. The molecule has 8 heteroatoms. The fraction of sp³-hybridized carbons (Fsp3) is 0.148. The second-order valence-electron chi connectivity index (χ2n) is 8.26. The summed E-state index contributed by atoms with van der Waals surface area (Å²) in [6.07, 6.45) is 1.99. The Morgan fingerprint density at radius 2 is 1.77 bits per heavy atom. The first kappa shape index (κ1) is 22.9. The average Bonchev–Trinajstić information content (AvgIpc) is 3.34. The average molecular weight is 487 g/mol. The predicted octanol–water partition coefficient (Wildman–Crippen LogP) is 6.61. The van der Waals surface area contributed by atoms with Crippen molar-refractivity contribution in [3.05, 3.63) is 101 Å². The Labute approximate surface area is 206 Å². The van der Waals surface area contributed by atoms with Gasteiger partial charge in [0.1, 0.15) is 5.82 Å². The van der Waals surface area contributed by atoms with Crippen molar-refractivity contribution in [1.29, 1.82) is 0 Å². The maximum absolute atomic E-state index is 13.7. The van der Waals surface area contributed by atoms with Crippen LogP contribution in [-0.4, -0.2) is 22.4 Å². The second kappa shape index (κ2) is 9.38. The van der Waals surface area contributed by atoms with Gasteiger partial charge in [0.05, 0.1) is 17.3 Å². The van der Waals surface area contributed by atoms with Crippen molar-refractivity contribution in [2.24, 2.45) is 0 Å². The van der Waals surface area contributed by atoms with Crippen molar-refractivity contribution in [2.45, 2.75) is 24.8 Å². The summed E-state index contributed by atoms with van der Waals surface area (Å²) in [6, 6.07) is 20.7. The topological polar surface area (TPSA) is 71.3 Å². The summed E-state index contributed by atoms with van der Waals surface area (Å²) in [5.74, 6) is 0.387. The molecule has 176 valence electrons. The number of halogens is 1. The second-order valence-corrected chi connectivity index (χ2v) is 9.14. The van der Waals surface area contributed by atoms with Crippen LogP contribution >= 0.6 is 11.8 Å². The highest BCUT2D eigenvalue weighted by atomic mass is 32.2. The van der Waals surface area contributed by atoms with Gasteiger partial charge in [-0.1, -0.05) is 53.2 Å². The molecule has 4 aromatic rings. The van der Waals surface area contributed by atoms with E-state index < -0.39 is 6.04 Å². The van der Waals surface area contributed by atoms with E-state index in [1.807, 2.05) is 68.6 Å². The lowest BCUT2D eigenvalue weighted by atomic mass is 9.94. The number of aryl methyl sites for hydroxylation is 1. The largest absolute Gasteiger partial charge is 0.334 e. The minimum atomic E-state index is -0.589. The zero-order valence-corrected chi connectivity index (χ0v) is 20.3. The number of carbonyl (C=O) groups excluding carboxylic acids is 1. The molecular weight excluding hydrogens is 463 g/mol. The van der Waals surface area contributed by atoms with Crippen molar-refractivity contribution < 1.29 is 13.7 Å². The number of hydrogen-bond donors (Lipinski definition) is 1. The lowest BCUT2D eigenvalue weighted by Crippen LogP contribution is -2.46. The molecule has 0 bridgehead atoms. The van der Waals surface area contributed by atoms with E-state index in [2.05, 4.69) is 15.5 Å². The van der Waals surface area contributed by atoms with Crippen LogP contribution < -0.4 is 10.2 Å². The highest BCUT2D eigenvalue weighted by Gasteiger charge is 2.36. The van der Waals surface area contributed by atoms with E-state index in [0.717, 1.165) is 21.7 Å². The summed E-state index contributed by atoms with van der Waals surface area (Å²) in [7, 11) is 0. The van der Waals surface area contributed by atoms with Crippen LogP contribution in [0.2, 0.25) is 0 Å². The van der Waals surface area contributed by atoms with E-state index >= 15 is 0 Å². The van der Waals surface area contributed by atoms with Crippen LogP contribution in [0, 0.1) is 12.7 Å². The molecule has 1 aliphatic heterocycles. The molecule has 0 aliphatic carbocycles. The summed E-state index contributed by atoms with van der Waals surface area (Å²) < 4.78 is 19.4. The number of rotatable bonds is 5. The smallest absolute Gasteiger partial charge is 0.326 e. The number of benzene rings is 3. The zero-order chi connectivity index (χ0) is 24.5. The van der Waals surface area contributed by atoms with Crippen LogP contribution in [-0.2, 0) is 0 Å². The van der Waals surface area contributed by atoms with Crippen molar-refractivity contribution in [3.8, 4) is 11.4 Å². The Bertz CT molecular complexity index is 1410. The van der Waals surface area contributed by atoms with Crippen LogP contribution in [0.4, 0.5) is 14.9 Å². The Morgan fingerprint density at radius 1 is 1.03 bits per heavy atom. The molecule has 1 aliphatic rings. The number of hydrogen-bond acceptors (Lipinski definition) is 5. The molecule has 3 aromatic carbocycles. The Morgan fingerprint density at radius 3 is 2.49 bits per heavy atom. The number of anilines is 1. The van der Waals surface area contributed by atoms with Gasteiger partial charge in [-0.05, 0) is 56.0 Å². The normalized spacial score (nSPS) is 15.9. The van der Waals surface area contributed by atoms with Gasteiger partial charge in [-0.15, -0.1) is 11.8 Å². The molecule has 1 N–H and O–H groups in total. The third-order valence-electron chi connectivity index (χ3n) is 5.97. The van der Waals surface area contributed by atoms with Crippen LogP contribution in [0.5, 0.6) is 0 Å². The van der Waals surface area contributed by atoms with Gasteiger partial charge < -0.3 is 9.84 Å². The first-order valence-corrected chi connectivity index (χ1v) is 12.3. The van der Waals surface area contributed by atoms with Crippen molar-refractivity contribution >= 4 is 29.1 Å². The molecule has 1 unspecified atom stereocenters. The van der Waals surface area contributed by atoms with Gasteiger partial charge in [0.2, 0.25) is 5.82 Å². The summed E-state index contributed by atoms with van der Waals surface area (Å²) >= 11 is 1.60. The van der Waals surface area contributed by atoms with E-state index in [1.54, 1.807) is 28.8 Å². The highest BCUT2D eigenvalue weighted by Crippen LogP contribution is 2.39. The summed E-state index contributed by atoms with van der Waals surface area (Å²) in [5.41, 5.74) is 4.69. The number of allylic oxidation sites excluding steroid dienone is 1. The Balaban J connectivity index is 1.65. The van der Waals surface area contributed by atoms with Gasteiger partial charge in [0.15, 0.2) is 0 Å². The number of aromatic nitrogens is 2. The van der Waals surface area contributed by atoms with E-state index in [1.165, 1.54) is 12.1 Å². The molecule has 0 saturated heterocycles. The summed E-state index contributed by atoms with van der Waals surface area (Å²) in [5, 5.41) is 7.24. The number of nitrogens with one attached hydrogen (secondary N) is 1. The fourth-order valence-electron chi connectivity index (χ4n) is 4.14. The molecule has 2 heterocycles. The van der Waals surface area contributed by atoms with E-state index in [-0.39, 0.29) is 11.8 Å². The number of amides is 2. The highest BCUT2D eigenvalue weighted by molar-refractivity contribution is 7.98. The number of urea groups is 1. The summed E-state index contributed by atoms with van der Waals surface area (Å²) in [4.78, 5) is 20.6. The maximum Gasteiger partial charge on any atom is 0.326 e. The van der Waals surface area contributed by atoms with E-state index in [9.17, 15) is 9.18 Å². The van der Waals surface area contributed by atoms with Crippen LogP contribution in [0.1, 0.15) is 30.0 Å². The molecule has 0 radical (unpaired) electrons. The number of thioether (sulfide) groups is 1. The quantitative estimate of drug-likeness (QED) is 0.322. The van der Waals surface area contributed by atoms with Crippen molar-refractivity contribution in [3.63, 3.8) is 0 Å². The van der Waals surface area contributed by atoms with Gasteiger partial charge >= 0.3 is 6.03 Å². The minimum Gasteiger partial charge on any atom is -0.334 e. The van der Waals surface area contributed by atoms with Gasteiger partial charge in [-0.25, -0.2) is 9.18 Å². The van der Waals surface area contributed by atoms with Crippen molar-refractivity contribution in [1.82, 2.24) is 15.5 Å². The molecule has 0 saturated carbocycles. The van der Waals surface area contributed by atoms with Gasteiger partial charge in [-0.2, -0.15) is 4.98 Å². The third-order valence-corrected chi connectivity index (χ3v) is 6.69. The molecule has 6 nitrogen and oxygen atoms in total. The number of carbonyl (C=O) groups is 1. The fourth-order valence-corrected chi connectivity index (χ4v) is 4.59. The van der Waals surface area contributed by atoms with E-state index in [0.29, 0.717) is 28.5 Å². The predicted molar refractivity (Wildman–Crippen MR) is 135 cm³/mol.